The van der Waals surface area contributed by atoms with Crippen molar-refractivity contribution >= 4 is 5.69 Å². The lowest BCUT2D eigenvalue weighted by Crippen LogP contribution is -2.36. The highest BCUT2D eigenvalue weighted by Gasteiger charge is 2.36. The molecule has 28 heavy (non-hydrogen) atoms. The molecule has 0 spiro atoms. The van der Waals surface area contributed by atoms with E-state index in [0.29, 0.717) is 17.0 Å². The molecule has 0 bridgehead atoms. The monoisotopic (exact) mass is 408 g/mol. The van der Waals surface area contributed by atoms with Crippen molar-refractivity contribution in [3.8, 4) is 6.07 Å². The minimum Gasteiger partial charge on any atom is -0.358 e. The summed E-state index contributed by atoms with van der Waals surface area (Å²) in [7, 11) is 0. The van der Waals surface area contributed by atoms with Gasteiger partial charge < -0.3 is 4.90 Å². The highest BCUT2D eigenvalue weighted by molar-refractivity contribution is 5.56. The van der Waals surface area contributed by atoms with E-state index in [1.54, 1.807) is 0 Å². The van der Waals surface area contributed by atoms with Gasteiger partial charge in [0.25, 0.3) is 0 Å². The van der Waals surface area contributed by atoms with E-state index in [2.05, 4.69) is 0 Å². The molecule has 1 aromatic carbocycles. The molecule has 0 heterocycles. The molecule has 0 unspecified atom stereocenters. The van der Waals surface area contributed by atoms with Gasteiger partial charge >= 0.3 is 12.4 Å². The van der Waals surface area contributed by atoms with Crippen LogP contribution in [0.5, 0.6) is 0 Å². The van der Waals surface area contributed by atoms with Crippen LogP contribution in [0, 0.1) is 11.3 Å². The molecule has 0 atom stereocenters. The highest BCUT2D eigenvalue weighted by atomic mass is 19.4. The van der Waals surface area contributed by atoms with Gasteiger partial charge in [0, 0.05) is 24.2 Å². The predicted octanol–water partition coefficient (Wildman–Crippen LogP) is 5.98. The number of nitriles is 1. The van der Waals surface area contributed by atoms with E-state index in [-0.39, 0.29) is 6.42 Å². The molecule has 0 saturated heterocycles. The van der Waals surface area contributed by atoms with E-state index >= 15 is 0 Å². The van der Waals surface area contributed by atoms with E-state index in [9.17, 15) is 35.1 Å². The van der Waals surface area contributed by atoms with Gasteiger partial charge in [-0.25, -0.2) is 8.78 Å². The van der Waals surface area contributed by atoms with Crippen LogP contribution in [0.1, 0.15) is 17.5 Å². The van der Waals surface area contributed by atoms with Gasteiger partial charge in [0.2, 0.25) is 0 Å². The zero-order valence-corrected chi connectivity index (χ0v) is 14.0. The van der Waals surface area contributed by atoms with Gasteiger partial charge in [0.05, 0.1) is 17.2 Å². The van der Waals surface area contributed by atoms with Crippen LogP contribution in [0.2, 0.25) is 0 Å². The van der Waals surface area contributed by atoms with Gasteiger partial charge in [-0.2, -0.15) is 31.6 Å². The largest absolute Gasteiger partial charge is 0.417 e. The zero-order valence-electron chi connectivity index (χ0n) is 14.0. The fraction of sp³-hybridized carbons (Fsp3) is 0.278. The Kier molecular flexibility index (Phi) is 6.17. The number of hydrogen-bond acceptors (Lipinski definition) is 2. The van der Waals surface area contributed by atoms with E-state index in [0.717, 1.165) is 12.1 Å². The number of allylic oxidation sites excluding steroid dienone is 4. The fourth-order valence-corrected chi connectivity index (χ4v) is 2.55. The normalized spacial score (nSPS) is 15.2. The summed E-state index contributed by atoms with van der Waals surface area (Å²) in [5.74, 6) is -2.15. The Morgan fingerprint density at radius 2 is 1.75 bits per heavy atom. The van der Waals surface area contributed by atoms with Crippen LogP contribution in [0.15, 0.2) is 53.7 Å². The van der Waals surface area contributed by atoms with Crippen molar-refractivity contribution in [1.82, 2.24) is 0 Å². The first-order valence-corrected chi connectivity index (χ1v) is 7.75. The molecule has 0 radical (unpaired) electrons. The van der Waals surface area contributed by atoms with Gasteiger partial charge in [-0.1, -0.05) is 12.2 Å². The first-order valence-electron chi connectivity index (χ1n) is 7.75. The van der Waals surface area contributed by atoms with Crippen molar-refractivity contribution in [1.29, 1.82) is 5.26 Å². The number of anilines is 1. The second-order valence-corrected chi connectivity index (χ2v) is 5.84. The van der Waals surface area contributed by atoms with Gasteiger partial charge in [0.1, 0.15) is 18.2 Å². The third-order valence-corrected chi connectivity index (χ3v) is 3.80. The molecule has 150 valence electrons. The Labute approximate surface area is 154 Å². The maximum Gasteiger partial charge on any atom is 0.417 e. The lowest BCUT2D eigenvalue weighted by molar-refractivity contribution is -0.137. The summed E-state index contributed by atoms with van der Waals surface area (Å²) in [5, 5.41) is 8.79. The van der Waals surface area contributed by atoms with Crippen LogP contribution in [-0.4, -0.2) is 19.3 Å². The summed E-state index contributed by atoms with van der Waals surface area (Å²) in [6.07, 6.45) is -6.92. The van der Waals surface area contributed by atoms with Crippen LogP contribution in [0.25, 0.3) is 0 Å². The van der Waals surface area contributed by atoms with Gasteiger partial charge in [-0.05, 0) is 24.3 Å². The average Bonchev–Trinajstić information content (AvgIpc) is 2.74. The minimum absolute atomic E-state index is 0.360. The fourth-order valence-electron chi connectivity index (χ4n) is 2.55. The minimum atomic E-state index is -4.99. The molecule has 1 aromatic rings. The van der Waals surface area contributed by atoms with Crippen molar-refractivity contribution in [2.75, 3.05) is 18.0 Å². The van der Waals surface area contributed by atoms with Crippen molar-refractivity contribution in [3.63, 3.8) is 0 Å². The third-order valence-electron chi connectivity index (χ3n) is 3.80. The maximum atomic E-state index is 14.1. The van der Waals surface area contributed by atoms with Crippen molar-refractivity contribution in [2.24, 2.45) is 0 Å². The van der Waals surface area contributed by atoms with Crippen molar-refractivity contribution < 1.29 is 35.1 Å². The molecule has 2 nitrogen and oxygen atoms in total. The first kappa shape index (κ1) is 21.5. The number of rotatable bonds is 4. The lowest BCUT2D eigenvalue weighted by Gasteiger charge is -2.28. The summed E-state index contributed by atoms with van der Waals surface area (Å²) in [5.41, 5.74) is -3.48. The summed E-state index contributed by atoms with van der Waals surface area (Å²) in [6.45, 7) is -2.69. The van der Waals surface area contributed by atoms with Gasteiger partial charge in [-0.3, -0.25) is 0 Å². The highest BCUT2D eigenvalue weighted by Crippen LogP contribution is 2.36. The third kappa shape index (κ3) is 5.34. The topological polar surface area (TPSA) is 27.0 Å². The molecular formula is C18H12F8N2. The standard InChI is InChI=1S/C18H12F8N2/c19-15-3-1-2-4-16(20)13(15)9-28(10-17(21,22)23)12-6-5-11(8-27)14(7-12)18(24,25)26/h1-3,5-7H,4,9-10H2. The van der Waals surface area contributed by atoms with E-state index in [1.807, 2.05) is 0 Å². The maximum absolute atomic E-state index is 14.1. The van der Waals surface area contributed by atoms with Crippen LogP contribution in [-0.2, 0) is 6.18 Å². The molecule has 0 saturated carbocycles. The summed E-state index contributed by atoms with van der Waals surface area (Å²) in [4.78, 5) is 0.379. The molecule has 0 fully saturated rings. The number of hydrogen-bond donors (Lipinski definition) is 0. The molecule has 1 aliphatic carbocycles. The molecule has 0 amide bonds. The molecular weight excluding hydrogens is 396 g/mol. The molecule has 0 aliphatic heterocycles. The Bertz CT molecular complexity index is 869. The molecule has 2 rings (SSSR count). The number of halogens is 8. The Morgan fingerprint density at radius 3 is 2.32 bits per heavy atom. The first-order chi connectivity index (χ1) is 12.9. The zero-order chi connectivity index (χ0) is 21.1. The lowest BCUT2D eigenvalue weighted by atomic mass is 10.1. The van der Waals surface area contributed by atoms with Crippen LogP contribution in [0.3, 0.4) is 0 Å². The second-order valence-electron chi connectivity index (χ2n) is 5.84. The molecule has 1 aliphatic rings. The Balaban J connectivity index is 2.52. The summed E-state index contributed by atoms with van der Waals surface area (Å²) >= 11 is 0. The molecule has 10 heteroatoms. The quantitative estimate of drug-likeness (QED) is 0.573. The number of nitrogens with zero attached hydrogens (tertiary/aromatic N) is 2. The molecule has 0 aromatic heterocycles. The van der Waals surface area contributed by atoms with Crippen LogP contribution in [0.4, 0.5) is 40.8 Å². The van der Waals surface area contributed by atoms with Crippen LogP contribution < -0.4 is 4.90 Å². The Hall–Kier alpha value is -2.83. The number of benzene rings is 1. The second kappa shape index (κ2) is 8.04. The van der Waals surface area contributed by atoms with Gasteiger partial charge in [0.15, 0.2) is 0 Å². The van der Waals surface area contributed by atoms with E-state index in [4.69, 9.17) is 5.26 Å². The number of alkyl halides is 6. The van der Waals surface area contributed by atoms with Gasteiger partial charge in [-0.15, -0.1) is 0 Å². The van der Waals surface area contributed by atoms with Crippen molar-refractivity contribution in [2.45, 2.75) is 18.8 Å². The Morgan fingerprint density at radius 1 is 1.07 bits per heavy atom. The summed E-state index contributed by atoms with van der Waals surface area (Å²) in [6, 6.07) is 3.26. The van der Waals surface area contributed by atoms with E-state index < -0.39 is 59.5 Å². The van der Waals surface area contributed by atoms with E-state index in [1.165, 1.54) is 18.2 Å². The summed E-state index contributed by atoms with van der Waals surface area (Å²) < 4.78 is 106. The molecule has 0 N–H and O–H groups in total. The smallest absolute Gasteiger partial charge is 0.358 e. The SMILES string of the molecule is N#Cc1ccc(N(CC2=C(F)CC=CC=C2F)CC(F)(F)F)cc1C(F)(F)F. The predicted molar refractivity (Wildman–Crippen MR) is 85.5 cm³/mol. The van der Waals surface area contributed by atoms with Crippen LogP contribution >= 0.6 is 0 Å². The van der Waals surface area contributed by atoms with Crippen molar-refractivity contribution in [3.05, 3.63) is 64.8 Å². The average molecular weight is 408 g/mol.